The summed E-state index contributed by atoms with van der Waals surface area (Å²) >= 11 is 0. The molecule has 1 N–H and O–H groups in total. The molecule has 2 saturated heterocycles. The molecular weight excluding hydrogens is 481 g/mol. The van der Waals surface area contributed by atoms with Crippen LogP contribution >= 0.6 is 24.0 Å². The second-order valence-corrected chi connectivity index (χ2v) is 8.06. The Bertz CT molecular complexity index is 694. The van der Waals surface area contributed by atoms with Crippen LogP contribution in [0.4, 0.5) is 0 Å². The van der Waals surface area contributed by atoms with Gasteiger partial charge in [-0.05, 0) is 50.6 Å². The zero-order valence-electron chi connectivity index (χ0n) is 17.6. The highest BCUT2D eigenvalue weighted by Gasteiger charge is 2.23. The number of ether oxygens (including phenoxy) is 2. The molecule has 162 valence electrons. The Morgan fingerprint density at radius 1 is 1.14 bits per heavy atom. The Labute approximate surface area is 191 Å². The highest BCUT2D eigenvalue weighted by Crippen LogP contribution is 2.32. The number of rotatable bonds is 5. The summed E-state index contributed by atoms with van der Waals surface area (Å²) in [5, 5.41) is 3.49. The number of nitrogens with one attached hydrogen (secondary N) is 1. The van der Waals surface area contributed by atoms with Crippen molar-refractivity contribution in [1.29, 1.82) is 0 Å². The molecule has 0 saturated carbocycles. The van der Waals surface area contributed by atoms with Gasteiger partial charge in [0.25, 0.3) is 0 Å². The molecule has 3 aliphatic rings. The molecule has 8 heteroatoms. The first-order valence-corrected chi connectivity index (χ1v) is 10.5. The van der Waals surface area contributed by atoms with Crippen LogP contribution in [-0.2, 0) is 6.54 Å². The maximum absolute atomic E-state index is 5.50. The van der Waals surface area contributed by atoms with Gasteiger partial charge in [0, 0.05) is 52.4 Å². The Balaban J connectivity index is 0.00000240. The fraction of sp³-hybridized carbons (Fsp3) is 0.667. The van der Waals surface area contributed by atoms with Crippen molar-refractivity contribution in [1.82, 2.24) is 20.0 Å². The zero-order chi connectivity index (χ0) is 19.3. The van der Waals surface area contributed by atoms with Gasteiger partial charge in [0.05, 0.1) is 0 Å². The van der Waals surface area contributed by atoms with Crippen LogP contribution in [0.25, 0.3) is 0 Å². The first kappa shape index (κ1) is 22.4. The number of halogens is 1. The van der Waals surface area contributed by atoms with Gasteiger partial charge in [-0.2, -0.15) is 0 Å². The Morgan fingerprint density at radius 2 is 1.93 bits per heavy atom. The van der Waals surface area contributed by atoms with Crippen molar-refractivity contribution >= 4 is 29.9 Å². The van der Waals surface area contributed by atoms with Crippen molar-refractivity contribution in [2.75, 3.05) is 66.2 Å². The lowest BCUT2D eigenvalue weighted by molar-refractivity contribution is 0.171. The van der Waals surface area contributed by atoms with Crippen LogP contribution in [0.3, 0.4) is 0 Å². The molecule has 7 nitrogen and oxygen atoms in total. The number of piperazine rings is 1. The van der Waals surface area contributed by atoms with Gasteiger partial charge in [0.15, 0.2) is 17.5 Å². The molecule has 0 radical (unpaired) electrons. The summed E-state index contributed by atoms with van der Waals surface area (Å²) in [6, 6.07) is 6.27. The number of fused-ring (bicyclic) bond motifs is 1. The van der Waals surface area contributed by atoms with E-state index in [4.69, 9.17) is 14.5 Å². The van der Waals surface area contributed by atoms with Crippen LogP contribution in [0.15, 0.2) is 23.2 Å². The number of nitrogens with zero attached hydrogens (tertiary/aromatic N) is 4. The summed E-state index contributed by atoms with van der Waals surface area (Å²) in [4.78, 5) is 12.3. The summed E-state index contributed by atoms with van der Waals surface area (Å²) in [7, 11) is 2.20. The number of hydrogen-bond donors (Lipinski definition) is 1. The van der Waals surface area contributed by atoms with Gasteiger partial charge in [-0.15, -0.1) is 24.0 Å². The SMILES string of the molecule is CCNC(=NCC1CCN(C)C1)N1CCN(Cc2ccc3c(c2)OCO3)CC1.I. The summed E-state index contributed by atoms with van der Waals surface area (Å²) in [5.74, 6) is 3.51. The summed E-state index contributed by atoms with van der Waals surface area (Å²) < 4.78 is 10.9. The Morgan fingerprint density at radius 3 is 2.66 bits per heavy atom. The van der Waals surface area contributed by atoms with Gasteiger partial charge in [0.2, 0.25) is 6.79 Å². The lowest BCUT2D eigenvalue weighted by atomic mass is 10.1. The third-order valence-electron chi connectivity index (χ3n) is 5.84. The Hall–Kier alpha value is -1.26. The third kappa shape index (κ3) is 5.88. The van der Waals surface area contributed by atoms with Crippen molar-refractivity contribution in [2.24, 2.45) is 10.9 Å². The number of aliphatic imine (C=N–C) groups is 1. The Kier molecular flexibility index (Phi) is 8.25. The fourth-order valence-electron chi connectivity index (χ4n) is 4.23. The lowest BCUT2D eigenvalue weighted by Gasteiger charge is -2.36. The molecule has 3 heterocycles. The van der Waals surface area contributed by atoms with Crippen LogP contribution in [0.5, 0.6) is 11.5 Å². The molecule has 0 bridgehead atoms. The molecule has 2 fully saturated rings. The van der Waals surface area contributed by atoms with Crippen LogP contribution in [0.2, 0.25) is 0 Å². The molecular formula is C21H34IN5O2. The molecule has 3 aliphatic heterocycles. The van der Waals surface area contributed by atoms with Crippen molar-refractivity contribution in [3.05, 3.63) is 23.8 Å². The first-order chi connectivity index (χ1) is 13.7. The van der Waals surface area contributed by atoms with E-state index in [-0.39, 0.29) is 24.0 Å². The average molecular weight is 515 g/mol. The first-order valence-electron chi connectivity index (χ1n) is 10.5. The quantitative estimate of drug-likeness (QED) is 0.368. The van der Waals surface area contributed by atoms with Crippen molar-refractivity contribution < 1.29 is 9.47 Å². The highest BCUT2D eigenvalue weighted by molar-refractivity contribution is 14.0. The zero-order valence-corrected chi connectivity index (χ0v) is 19.9. The molecule has 0 aliphatic carbocycles. The summed E-state index contributed by atoms with van der Waals surface area (Å²) in [5.41, 5.74) is 1.28. The number of benzene rings is 1. The molecule has 0 spiro atoms. The molecule has 1 unspecified atom stereocenters. The predicted octanol–water partition coefficient (Wildman–Crippen LogP) is 2.07. The van der Waals surface area contributed by atoms with Crippen LogP contribution < -0.4 is 14.8 Å². The molecule has 1 aromatic rings. The van der Waals surface area contributed by atoms with Gasteiger partial charge < -0.3 is 24.6 Å². The van der Waals surface area contributed by atoms with Gasteiger partial charge in [-0.3, -0.25) is 9.89 Å². The van der Waals surface area contributed by atoms with E-state index in [0.717, 1.165) is 63.3 Å². The van der Waals surface area contributed by atoms with Crippen molar-refractivity contribution in [3.63, 3.8) is 0 Å². The van der Waals surface area contributed by atoms with E-state index < -0.39 is 0 Å². The third-order valence-corrected chi connectivity index (χ3v) is 5.84. The molecule has 0 amide bonds. The van der Waals surface area contributed by atoms with E-state index in [2.05, 4.69) is 46.1 Å². The predicted molar refractivity (Wildman–Crippen MR) is 126 cm³/mol. The average Bonchev–Trinajstić information content (AvgIpc) is 3.34. The monoisotopic (exact) mass is 515 g/mol. The van der Waals surface area contributed by atoms with E-state index in [0.29, 0.717) is 12.7 Å². The molecule has 4 rings (SSSR count). The lowest BCUT2D eigenvalue weighted by Crippen LogP contribution is -2.52. The largest absolute Gasteiger partial charge is 0.454 e. The molecule has 1 atom stereocenters. The van der Waals surface area contributed by atoms with E-state index in [1.807, 2.05) is 6.07 Å². The van der Waals surface area contributed by atoms with E-state index in [9.17, 15) is 0 Å². The van der Waals surface area contributed by atoms with E-state index in [1.165, 1.54) is 25.1 Å². The van der Waals surface area contributed by atoms with Crippen molar-refractivity contribution in [3.8, 4) is 11.5 Å². The van der Waals surface area contributed by atoms with E-state index in [1.54, 1.807) is 0 Å². The maximum Gasteiger partial charge on any atom is 0.231 e. The number of likely N-dealkylation sites (tertiary alicyclic amines) is 1. The van der Waals surface area contributed by atoms with Gasteiger partial charge in [-0.1, -0.05) is 6.07 Å². The minimum Gasteiger partial charge on any atom is -0.454 e. The van der Waals surface area contributed by atoms with Crippen LogP contribution in [-0.4, -0.2) is 86.9 Å². The molecule has 1 aromatic carbocycles. The van der Waals surface area contributed by atoms with E-state index >= 15 is 0 Å². The fourth-order valence-corrected chi connectivity index (χ4v) is 4.23. The number of hydrogen-bond acceptors (Lipinski definition) is 5. The summed E-state index contributed by atoms with van der Waals surface area (Å²) in [6.45, 7) is 11.8. The van der Waals surface area contributed by atoms with Gasteiger partial charge in [0.1, 0.15) is 0 Å². The van der Waals surface area contributed by atoms with Crippen molar-refractivity contribution in [2.45, 2.75) is 19.9 Å². The number of guanidine groups is 1. The topological polar surface area (TPSA) is 52.6 Å². The summed E-state index contributed by atoms with van der Waals surface area (Å²) in [6.07, 6.45) is 1.27. The second-order valence-electron chi connectivity index (χ2n) is 8.06. The van der Waals surface area contributed by atoms with Crippen LogP contribution in [0.1, 0.15) is 18.9 Å². The maximum atomic E-state index is 5.50. The highest BCUT2D eigenvalue weighted by atomic mass is 127. The smallest absolute Gasteiger partial charge is 0.231 e. The second kappa shape index (κ2) is 10.7. The minimum atomic E-state index is 0. The minimum absolute atomic E-state index is 0. The molecule has 0 aromatic heterocycles. The van der Waals surface area contributed by atoms with Gasteiger partial charge in [-0.25, -0.2) is 0 Å². The standard InChI is InChI=1S/C21H33N5O2.HI/c1-3-22-21(23-13-18-6-7-24(2)14-18)26-10-8-25(9-11-26)15-17-4-5-19-20(12-17)28-16-27-19;/h4-5,12,18H,3,6-11,13-16H2,1-2H3,(H,22,23);1H. The van der Waals surface area contributed by atoms with Gasteiger partial charge >= 0.3 is 0 Å². The van der Waals surface area contributed by atoms with Crippen LogP contribution in [0, 0.1) is 5.92 Å². The normalized spacial score (nSPS) is 22.6. The molecule has 29 heavy (non-hydrogen) atoms.